The van der Waals surface area contributed by atoms with E-state index in [4.69, 9.17) is 16.3 Å². The van der Waals surface area contributed by atoms with Gasteiger partial charge in [-0.2, -0.15) is 0 Å². The van der Waals surface area contributed by atoms with Gasteiger partial charge in [0.05, 0.1) is 29.7 Å². The molecule has 2 fully saturated rings. The fourth-order valence-corrected chi connectivity index (χ4v) is 5.57. The molecule has 11 heteroatoms. The van der Waals surface area contributed by atoms with Gasteiger partial charge in [-0.25, -0.2) is 12.7 Å². The normalized spacial score (nSPS) is 20.6. The molecule has 0 bridgehead atoms. The number of rotatable bonds is 8. The highest BCUT2D eigenvalue weighted by atomic mass is 35.5. The second-order valence-electron chi connectivity index (χ2n) is 9.16. The molecule has 37 heavy (non-hydrogen) atoms. The lowest BCUT2D eigenvalue weighted by Crippen LogP contribution is -2.38. The number of hydrogen-bond donors (Lipinski definition) is 1. The zero-order valence-electron chi connectivity index (χ0n) is 20.8. The summed E-state index contributed by atoms with van der Waals surface area (Å²) in [6, 6.07) is 11.6. The Balaban J connectivity index is 1.68. The maximum absolute atomic E-state index is 13.2. The average molecular weight is 548 g/mol. The molecule has 1 atom stereocenters. The number of nitrogens with zero attached hydrogens (tertiary/aromatic N) is 3. The molecule has 2 aromatic carbocycles. The molecule has 1 unspecified atom stereocenters. The van der Waals surface area contributed by atoms with Gasteiger partial charge in [0.2, 0.25) is 10.0 Å². The summed E-state index contributed by atoms with van der Waals surface area (Å²) in [5.41, 5.74) is 0.841. The number of Topliss-reactive ketones (excluding diaryl/α,β-unsaturated/α-hetero) is 1. The Morgan fingerprint density at radius 3 is 2.24 bits per heavy atom. The first-order chi connectivity index (χ1) is 17.6. The van der Waals surface area contributed by atoms with E-state index in [-0.39, 0.29) is 21.8 Å². The Kier molecular flexibility index (Phi) is 8.35. The molecular weight excluding hydrogens is 518 g/mol. The van der Waals surface area contributed by atoms with Crippen LogP contribution in [0.3, 0.4) is 0 Å². The maximum Gasteiger partial charge on any atom is 0.295 e. The molecule has 1 N–H and O–H groups in total. The second kappa shape index (κ2) is 11.3. The van der Waals surface area contributed by atoms with Crippen LogP contribution in [0.25, 0.3) is 5.76 Å². The van der Waals surface area contributed by atoms with Crippen molar-refractivity contribution in [3.63, 3.8) is 0 Å². The number of carbonyl (C=O) groups is 2. The maximum atomic E-state index is 13.2. The molecular formula is C26H30ClN3O6S. The van der Waals surface area contributed by atoms with Crippen molar-refractivity contribution in [1.29, 1.82) is 0 Å². The van der Waals surface area contributed by atoms with Crippen molar-refractivity contribution >= 4 is 39.1 Å². The minimum absolute atomic E-state index is 0.0399. The van der Waals surface area contributed by atoms with Gasteiger partial charge in [0.15, 0.2) is 0 Å². The molecule has 9 nitrogen and oxygen atoms in total. The van der Waals surface area contributed by atoms with Gasteiger partial charge in [0, 0.05) is 50.9 Å². The Labute approximate surface area is 221 Å². The molecule has 0 aromatic heterocycles. The van der Waals surface area contributed by atoms with Crippen molar-refractivity contribution in [2.24, 2.45) is 0 Å². The van der Waals surface area contributed by atoms with Crippen LogP contribution in [0.15, 0.2) is 59.0 Å². The fraction of sp³-hybridized carbons (Fsp3) is 0.385. The largest absolute Gasteiger partial charge is 0.507 e. The fourth-order valence-electron chi connectivity index (χ4n) is 4.54. The van der Waals surface area contributed by atoms with Gasteiger partial charge in [0.25, 0.3) is 11.7 Å². The van der Waals surface area contributed by atoms with E-state index in [2.05, 4.69) is 4.90 Å². The van der Waals surface area contributed by atoms with Gasteiger partial charge in [-0.05, 0) is 48.4 Å². The van der Waals surface area contributed by atoms with Crippen LogP contribution in [0, 0.1) is 0 Å². The first-order valence-corrected chi connectivity index (χ1v) is 13.8. The molecule has 0 saturated carbocycles. The molecule has 4 rings (SSSR count). The minimum atomic E-state index is -3.66. The van der Waals surface area contributed by atoms with E-state index in [0.717, 1.165) is 23.9 Å². The summed E-state index contributed by atoms with van der Waals surface area (Å²) < 4.78 is 31.3. The molecule has 1 amide bonds. The van der Waals surface area contributed by atoms with Crippen LogP contribution in [0.1, 0.15) is 23.6 Å². The smallest absolute Gasteiger partial charge is 0.295 e. The highest BCUT2D eigenvalue weighted by Gasteiger charge is 2.45. The lowest BCUT2D eigenvalue weighted by Gasteiger charge is -2.29. The molecule has 0 aliphatic carbocycles. The van der Waals surface area contributed by atoms with Crippen molar-refractivity contribution in [3.05, 3.63) is 70.3 Å². The van der Waals surface area contributed by atoms with E-state index in [9.17, 15) is 23.1 Å². The van der Waals surface area contributed by atoms with Gasteiger partial charge in [-0.3, -0.25) is 14.5 Å². The summed E-state index contributed by atoms with van der Waals surface area (Å²) >= 11 is 6.07. The monoisotopic (exact) mass is 547 g/mol. The number of carbonyl (C=O) groups excluding carboxylic acids is 2. The van der Waals surface area contributed by atoms with Gasteiger partial charge >= 0.3 is 0 Å². The van der Waals surface area contributed by atoms with Crippen LogP contribution in [-0.2, 0) is 24.3 Å². The molecule has 2 aliphatic heterocycles. The van der Waals surface area contributed by atoms with E-state index >= 15 is 0 Å². The van der Waals surface area contributed by atoms with E-state index in [1.54, 1.807) is 24.3 Å². The number of ketones is 1. The first-order valence-electron chi connectivity index (χ1n) is 12.0. The number of likely N-dealkylation sites (tertiary alicyclic amines) is 1. The van der Waals surface area contributed by atoms with Crippen molar-refractivity contribution in [3.8, 4) is 0 Å². The topological polar surface area (TPSA) is 107 Å². The van der Waals surface area contributed by atoms with Gasteiger partial charge in [-0.15, -0.1) is 0 Å². The quantitative estimate of drug-likeness (QED) is 0.307. The summed E-state index contributed by atoms with van der Waals surface area (Å²) in [4.78, 5) is 30.1. The van der Waals surface area contributed by atoms with Crippen LogP contribution >= 0.6 is 11.6 Å². The third-order valence-electron chi connectivity index (χ3n) is 6.61. The summed E-state index contributed by atoms with van der Waals surface area (Å²) in [7, 11) is -0.809. The van der Waals surface area contributed by atoms with Crippen LogP contribution in [0.5, 0.6) is 0 Å². The number of amides is 1. The molecule has 0 spiro atoms. The standard InChI is InChI=1S/C26H30ClN3O6S/c1-28(2)37(34,35)21-10-6-19(7-11-21)24(31)22-23(18-4-8-20(27)9-5-18)30(26(33)25(22)32)13-3-12-29-14-16-36-17-15-29/h4-11,23,31H,3,12-17H2,1-2H3/b24-22+. The molecule has 2 saturated heterocycles. The second-order valence-corrected chi connectivity index (χ2v) is 11.8. The summed E-state index contributed by atoms with van der Waals surface area (Å²) in [6.07, 6.45) is 0.647. The Morgan fingerprint density at radius 2 is 1.65 bits per heavy atom. The third-order valence-corrected chi connectivity index (χ3v) is 8.69. The Morgan fingerprint density at radius 1 is 1.03 bits per heavy atom. The minimum Gasteiger partial charge on any atom is -0.507 e. The highest BCUT2D eigenvalue weighted by Crippen LogP contribution is 2.40. The number of sulfonamides is 1. The molecule has 2 heterocycles. The number of aliphatic hydroxyl groups is 1. The van der Waals surface area contributed by atoms with E-state index in [0.29, 0.717) is 36.8 Å². The van der Waals surface area contributed by atoms with Gasteiger partial charge < -0.3 is 14.7 Å². The predicted octanol–water partition coefficient (Wildman–Crippen LogP) is 2.73. The number of benzene rings is 2. The molecule has 2 aliphatic rings. The third kappa shape index (κ3) is 5.73. The van der Waals surface area contributed by atoms with Crippen molar-refractivity contribution in [2.45, 2.75) is 17.4 Å². The Bertz CT molecular complexity index is 1290. The number of aliphatic hydroxyl groups excluding tert-OH is 1. The predicted molar refractivity (Wildman–Crippen MR) is 140 cm³/mol. The van der Waals surface area contributed by atoms with Crippen LogP contribution in [0.4, 0.5) is 0 Å². The number of ether oxygens (including phenoxy) is 1. The van der Waals surface area contributed by atoms with Crippen molar-refractivity contribution in [1.82, 2.24) is 14.1 Å². The van der Waals surface area contributed by atoms with E-state index < -0.39 is 27.8 Å². The zero-order chi connectivity index (χ0) is 26.7. The molecule has 198 valence electrons. The average Bonchev–Trinajstić information content (AvgIpc) is 3.14. The molecule has 2 aromatic rings. The van der Waals surface area contributed by atoms with Crippen molar-refractivity contribution < 1.29 is 27.9 Å². The van der Waals surface area contributed by atoms with Crippen LogP contribution in [-0.4, -0.2) is 92.8 Å². The lowest BCUT2D eigenvalue weighted by atomic mass is 9.95. The van der Waals surface area contributed by atoms with Gasteiger partial charge in [0.1, 0.15) is 5.76 Å². The lowest BCUT2D eigenvalue weighted by molar-refractivity contribution is -0.140. The summed E-state index contributed by atoms with van der Waals surface area (Å²) in [5, 5.41) is 11.7. The SMILES string of the molecule is CN(C)S(=O)(=O)c1ccc(/C(O)=C2\C(=O)C(=O)N(CCCN3CCOCC3)C2c2ccc(Cl)cc2)cc1. The summed E-state index contributed by atoms with van der Waals surface area (Å²) in [6.45, 7) is 4.05. The number of hydrogen-bond acceptors (Lipinski definition) is 7. The highest BCUT2D eigenvalue weighted by molar-refractivity contribution is 7.89. The number of morpholine rings is 1. The Hall–Kier alpha value is -2.76. The van der Waals surface area contributed by atoms with E-state index in [1.807, 2.05) is 0 Å². The van der Waals surface area contributed by atoms with Crippen molar-refractivity contribution in [2.75, 3.05) is 53.5 Å². The summed E-state index contributed by atoms with van der Waals surface area (Å²) in [5.74, 6) is -1.83. The van der Waals surface area contributed by atoms with Crippen LogP contribution < -0.4 is 0 Å². The van der Waals surface area contributed by atoms with Gasteiger partial charge in [-0.1, -0.05) is 23.7 Å². The molecule has 0 radical (unpaired) electrons. The van der Waals surface area contributed by atoms with E-state index in [1.165, 1.54) is 43.3 Å². The van der Waals surface area contributed by atoms with Crippen LogP contribution in [0.2, 0.25) is 5.02 Å². The number of halogens is 1. The zero-order valence-corrected chi connectivity index (χ0v) is 22.3. The first kappa shape index (κ1) is 27.3.